The van der Waals surface area contributed by atoms with Crippen molar-refractivity contribution in [2.45, 2.75) is 354 Å². The molecule has 0 aromatic heterocycles. The third-order valence-electron chi connectivity index (χ3n) is 14.9. The normalized spacial score (nSPS) is 12.5. The molecule has 0 saturated heterocycles. The zero-order valence-electron chi connectivity index (χ0n) is 51.9. The van der Waals surface area contributed by atoms with Gasteiger partial charge in [-0.05, 0) is 109 Å². The molecule has 0 N–H and O–H groups in total. The Balaban J connectivity index is 4.33. The molecule has 78 heavy (non-hydrogen) atoms. The molecule has 0 aromatic carbocycles. The third-order valence-corrected chi connectivity index (χ3v) is 14.9. The molecule has 1 atom stereocenters. The Kier molecular flexibility index (Phi) is 63.7. The minimum absolute atomic E-state index is 0.0770. The summed E-state index contributed by atoms with van der Waals surface area (Å²) in [5.41, 5.74) is 0. The van der Waals surface area contributed by atoms with Gasteiger partial charge in [-0.2, -0.15) is 0 Å². The summed E-state index contributed by atoms with van der Waals surface area (Å²) >= 11 is 0. The molecule has 0 amide bonds. The number of carbonyl (C=O) groups excluding carboxylic acids is 3. The number of hydrogen-bond donors (Lipinski definition) is 0. The molecule has 452 valence electrons. The van der Waals surface area contributed by atoms with Crippen LogP contribution in [0.15, 0.2) is 72.9 Å². The molecule has 0 bridgehead atoms. The highest BCUT2D eigenvalue weighted by molar-refractivity contribution is 5.71. The lowest BCUT2D eigenvalue weighted by molar-refractivity contribution is -0.167. The fourth-order valence-corrected chi connectivity index (χ4v) is 9.84. The molecule has 0 aliphatic carbocycles. The Morgan fingerprint density at radius 1 is 0.269 bits per heavy atom. The predicted molar refractivity (Wildman–Crippen MR) is 339 cm³/mol. The molecular formula is C72H128O6. The highest BCUT2D eigenvalue weighted by Crippen LogP contribution is 2.17. The van der Waals surface area contributed by atoms with Crippen molar-refractivity contribution in [2.75, 3.05) is 13.2 Å². The molecule has 6 heteroatoms. The molecule has 0 aromatic rings. The summed E-state index contributed by atoms with van der Waals surface area (Å²) in [5, 5.41) is 0. The van der Waals surface area contributed by atoms with Gasteiger partial charge in [0.1, 0.15) is 13.2 Å². The van der Waals surface area contributed by atoms with Gasteiger partial charge in [-0.25, -0.2) is 0 Å². The second kappa shape index (κ2) is 66.4. The zero-order chi connectivity index (χ0) is 56.4. The van der Waals surface area contributed by atoms with E-state index in [1.165, 1.54) is 225 Å². The lowest BCUT2D eigenvalue weighted by Crippen LogP contribution is -2.30. The highest BCUT2D eigenvalue weighted by atomic mass is 16.6. The van der Waals surface area contributed by atoms with E-state index in [1.807, 2.05) is 0 Å². The van der Waals surface area contributed by atoms with Crippen molar-refractivity contribution < 1.29 is 28.6 Å². The first kappa shape index (κ1) is 74.8. The summed E-state index contributed by atoms with van der Waals surface area (Å²) in [5.74, 6) is -0.868. The first-order chi connectivity index (χ1) is 38.5. The summed E-state index contributed by atoms with van der Waals surface area (Å²) in [6.45, 7) is 6.56. The number of allylic oxidation sites excluding steroid dienone is 12. The van der Waals surface area contributed by atoms with Gasteiger partial charge in [0.05, 0.1) is 0 Å². The van der Waals surface area contributed by atoms with Gasteiger partial charge in [0.25, 0.3) is 0 Å². The van der Waals surface area contributed by atoms with E-state index < -0.39 is 6.10 Å². The van der Waals surface area contributed by atoms with Crippen molar-refractivity contribution in [3.63, 3.8) is 0 Å². The maximum atomic E-state index is 12.9. The van der Waals surface area contributed by atoms with Crippen LogP contribution in [-0.2, 0) is 28.6 Å². The number of carbonyl (C=O) groups is 3. The van der Waals surface area contributed by atoms with Crippen molar-refractivity contribution in [2.24, 2.45) is 0 Å². The van der Waals surface area contributed by atoms with Crippen LogP contribution in [0.4, 0.5) is 0 Å². The quantitative estimate of drug-likeness (QED) is 0.0261. The number of esters is 3. The summed E-state index contributed by atoms with van der Waals surface area (Å²) in [4.78, 5) is 38.4. The largest absolute Gasteiger partial charge is 0.462 e. The van der Waals surface area contributed by atoms with Crippen molar-refractivity contribution in [3.05, 3.63) is 72.9 Å². The molecule has 0 rings (SSSR count). The lowest BCUT2D eigenvalue weighted by Gasteiger charge is -2.18. The summed E-state index contributed by atoms with van der Waals surface area (Å²) in [6, 6.07) is 0. The van der Waals surface area contributed by atoms with Crippen LogP contribution >= 0.6 is 0 Å². The Bertz CT molecular complexity index is 1440. The van der Waals surface area contributed by atoms with Crippen LogP contribution in [0.1, 0.15) is 348 Å². The number of ether oxygens (including phenoxy) is 3. The van der Waals surface area contributed by atoms with E-state index in [0.29, 0.717) is 19.3 Å². The molecule has 0 fully saturated rings. The predicted octanol–water partition coefficient (Wildman–Crippen LogP) is 23.3. The second-order valence-corrected chi connectivity index (χ2v) is 22.7. The van der Waals surface area contributed by atoms with E-state index in [0.717, 1.165) is 83.5 Å². The average Bonchev–Trinajstić information content (AvgIpc) is 3.44. The van der Waals surface area contributed by atoms with E-state index >= 15 is 0 Å². The van der Waals surface area contributed by atoms with Crippen LogP contribution in [0, 0.1) is 0 Å². The molecule has 0 radical (unpaired) electrons. The highest BCUT2D eigenvalue weighted by Gasteiger charge is 2.19. The zero-order valence-corrected chi connectivity index (χ0v) is 51.9. The maximum absolute atomic E-state index is 12.9. The molecule has 0 aliphatic rings. The van der Waals surface area contributed by atoms with Gasteiger partial charge < -0.3 is 14.2 Å². The van der Waals surface area contributed by atoms with Gasteiger partial charge in [0.15, 0.2) is 6.10 Å². The van der Waals surface area contributed by atoms with Crippen LogP contribution in [0.2, 0.25) is 0 Å². The van der Waals surface area contributed by atoms with Crippen molar-refractivity contribution in [3.8, 4) is 0 Å². The SMILES string of the molecule is CC/C=C\C/C=C\C/C=C\C/C=C\CCCCCCCCCCCCCCC(=O)OCC(COC(=O)CCCCCCCCC/C=C\CCCCCCCC)OC(=O)CCCCCCCCC/C=C\CCCCCCCCC. The minimum atomic E-state index is -0.781. The Morgan fingerprint density at radius 3 is 0.795 bits per heavy atom. The van der Waals surface area contributed by atoms with Crippen molar-refractivity contribution >= 4 is 17.9 Å². The van der Waals surface area contributed by atoms with Crippen LogP contribution < -0.4 is 0 Å². The van der Waals surface area contributed by atoms with Gasteiger partial charge in [-0.3, -0.25) is 14.4 Å². The van der Waals surface area contributed by atoms with Crippen LogP contribution in [0.3, 0.4) is 0 Å². The fraction of sp³-hybridized carbons (Fsp3) is 0.792. The smallest absolute Gasteiger partial charge is 0.306 e. The standard InChI is InChI=1S/C72H128O6/c1-4-7-10-13-16-19-22-25-28-31-33-34-35-36-37-38-39-42-44-47-50-53-56-59-62-65-71(74)77-68-69(67-76-70(73)64-61-58-55-52-49-46-43-40-30-27-24-21-18-15-12-9-6-3)78-72(75)66-63-60-57-54-51-48-45-41-32-29-26-23-20-17-14-11-8-5-2/h7,10,16,19,25,27-30,32-34,69H,4-6,8-9,11-15,17-18,20-24,26,31,35-68H2,1-3H3/b10-7-,19-16-,28-25-,30-27-,32-29-,34-33-. The van der Waals surface area contributed by atoms with E-state index in [-0.39, 0.29) is 31.1 Å². The Morgan fingerprint density at radius 2 is 0.500 bits per heavy atom. The molecule has 0 heterocycles. The van der Waals surface area contributed by atoms with E-state index in [2.05, 4.69) is 93.7 Å². The van der Waals surface area contributed by atoms with E-state index in [1.54, 1.807) is 0 Å². The summed E-state index contributed by atoms with van der Waals surface area (Å²) in [7, 11) is 0. The van der Waals surface area contributed by atoms with Gasteiger partial charge in [-0.15, -0.1) is 0 Å². The van der Waals surface area contributed by atoms with Crippen LogP contribution in [-0.4, -0.2) is 37.2 Å². The molecule has 0 spiro atoms. The van der Waals surface area contributed by atoms with E-state index in [4.69, 9.17) is 14.2 Å². The number of rotatable bonds is 62. The van der Waals surface area contributed by atoms with Gasteiger partial charge >= 0.3 is 17.9 Å². The Labute approximate surface area is 484 Å². The molecular weight excluding hydrogens is 961 g/mol. The maximum Gasteiger partial charge on any atom is 0.306 e. The minimum Gasteiger partial charge on any atom is -0.462 e. The van der Waals surface area contributed by atoms with Crippen LogP contribution in [0.5, 0.6) is 0 Å². The van der Waals surface area contributed by atoms with Crippen molar-refractivity contribution in [1.29, 1.82) is 0 Å². The van der Waals surface area contributed by atoms with Gasteiger partial charge in [0, 0.05) is 19.3 Å². The lowest BCUT2D eigenvalue weighted by atomic mass is 10.0. The molecule has 1 unspecified atom stereocenters. The summed E-state index contributed by atoms with van der Waals surface area (Å²) in [6.07, 6.45) is 86.2. The summed E-state index contributed by atoms with van der Waals surface area (Å²) < 4.78 is 17.0. The van der Waals surface area contributed by atoms with Gasteiger partial charge in [-0.1, -0.05) is 293 Å². The molecule has 0 aliphatic heterocycles. The second-order valence-electron chi connectivity index (χ2n) is 22.7. The first-order valence-electron chi connectivity index (χ1n) is 33.9. The monoisotopic (exact) mass is 1090 g/mol. The van der Waals surface area contributed by atoms with Crippen molar-refractivity contribution in [1.82, 2.24) is 0 Å². The Hall–Kier alpha value is -3.15. The molecule has 0 saturated carbocycles. The fourth-order valence-electron chi connectivity index (χ4n) is 9.84. The third kappa shape index (κ3) is 63.7. The van der Waals surface area contributed by atoms with Gasteiger partial charge in [0.2, 0.25) is 0 Å². The average molecular weight is 1090 g/mol. The number of unbranched alkanes of at least 4 members (excludes halogenated alkanes) is 39. The topological polar surface area (TPSA) is 78.9 Å². The first-order valence-corrected chi connectivity index (χ1v) is 33.9. The number of hydrogen-bond acceptors (Lipinski definition) is 6. The van der Waals surface area contributed by atoms with E-state index in [9.17, 15) is 14.4 Å². The molecule has 6 nitrogen and oxygen atoms in total. The van der Waals surface area contributed by atoms with Crippen LogP contribution in [0.25, 0.3) is 0 Å².